The quantitative estimate of drug-likeness (QED) is 0.786. The number of halogens is 1. The molecule has 1 rings (SSSR count). The average molecular weight is 314 g/mol. The molecule has 0 aliphatic heterocycles. The Balaban J connectivity index is 2.59. The zero-order chi connectivity index (χ0) is 13.5. The molecule has 0 radical (unpaired) electrons. The number of aromatic nitrogens is 1. The van der Waals surface area contributed by atoms with Crippen molar-refractivity contribution in [1.29, 1.82) is 0 Å². The molecule has 0 aliphatic rings. The molecule has 0 saturated heterocycles. The molecular formula is C14H24BrN3. The molecule has 0 aromatic carbocycles. The summed E-state index contributed by atoms with van der Waals surface area (Å²) in [5.41, 5.74) is 7.59. The van der Waals surface area contributed by atoms with Gasteiger partial charge in [0.05, 0.1) is 16.4 Å². The van der Waals surface area contributed by atoms with E-state index >= 15 is 0 Å². The first-order valence-corrected chi connectivity index (χ1v) is 7.53. The average Bonchev–Trinajstić information content (AvgIpc) is 2.38. The Bertz CT molecular complexity index is 380. The molecule has 18 heavy (non-hydrogen) atoms. The Kier molecular flexibility index (Phi) is 6.47. The Morgan fingerprint density at radius 1 is 1.44 bits per heavy atom. The monoisotopic (exact) mass is 313 g/mol. The van der Waals surface area contributed by atoms with Crippen LogP contribution in [-0.2, 0) is 0 Å². The summed E-state index contributed by atoms with van der Waals surface area (Å²) in [5, 5.41) is 3.43. The normalized spacial score (nSPS) is 12.4. The van der Waals surface area contributed by atoms with Gasteiger partial charge >= 0.3 is 0 Å². The second-order valence-corrected chi connectivity index (χ2v) is 5.59. The largest absolute Gasteiger partial charge is 0.397 e. The summed E-state index contributed by atoms with van der Waals surface area (Å²) >= 11 is 3.55. The van der Waals surface area contributed by atoms with Crippen LogP contribution >= 0.6 is 15.9 Å². The maximum Gasteiger partial charge on any atom is 0.140 e. The first-order chi connectivity index (χ1) is 8.60. The van der Waals surface area contributed by atoms with Gasteiger partial charge in [-0.2, -0.15) is 0 Å². The van der Waals surface area contributed by atoms with E-state index in [0.29, 0.717) is 0 Å². The van der Waals surface area contributed by atoms with Crippen LogP contribution in [0.4, 0.5) is 11.5 Å². The van der Waals surface area contributed by atoms with Crippen LogP contribution in [0.3, 0.4) is 0 Å². The van der Waals surface area contributed by atoms with Crippen molar-refractivity contribution in [3.63, 3.8) is 0 Å². The number of hydrogen-bond acceptors (Lipinski definition) is 3. The highest BCUT2D eigenvalue weighted by atomic mass is 79.9. The maximum atomic E-state index is 5.82. The lowest BCUT2D eigenvalue weighted by atomic mass is 9.99. The highest BCUT2D eigenvalue weighted by Gasteiger charge is 2.10. The van der Waals surface area contributed by atoms with Gasteiger partial charge < -0.3 is 11.1 Å². The van der Waals surface area contributed by atoms with Crippen LogP contribution in [0.5, 0.6) is 0 Å². The van der Waals surface area contributed by atoms with Gasteiger partial charge in [0.1, 0.15) is 5.82 Å². The van der Waals surface area contributed by atoms with Crippen molar-refractivity contribution in [1.82, 2.24) is 4.98 Å². The van der Waals surface area contributed by atoms with Crippen molar-refractivity contribution < 1.29 is 0 Å². The number of nitrogens with one attached hydrogen (secondary N) is 1. The molecule has 0 bridgehead atoms. The second kappa shape index (κ2) is 7.62. The van der Waals surface area contributed by atoms with Crippen molar-refractivity contribution in [3.05, 3.63) is 16.2 Å². The smallest absolute Gasteiger partial charge is 0.140 e. The molecule has 3 N–H and O–H groups in total. The van der Waals surface area contributed by atoms with Gasteiger partial charge in [0.2, 0.25) is 0 Å². The van der Waals surface area contributed by atoms with Crippen LogP contribution in [0.15, 0.2) is 10.7 Å². The highest BCUT2D eigenvalue weighted by Crippen LogP contribution is 2.28. The summed E-state index contributed by atoms with van der Waals surface area (Å²) in [6.45, 7) is 7.46. The second-order valence-electron chi connectivity index (χ2n) is 4.80. The van der Waals surface area contributed by atoms with E-state index in [0.717, 1.165) is 34.0 Å². The zero-order valence-corrected chi connectivity index (χ0v) is 13.2. The van der Waals surface area contributed by atoms with Gasteiger partial charge in [-0.3, -0.25) is 0 Å². The third-order valence-corrected chi connectivity index (χ3v) is 4.37. The molecule has 0 saturated carbocycles. The van der Waals surface area contributed by atoms with E-state index in [4.69, 9.17) is 5.73 Å². The molecule has 0 aliphatic carbocycles. The predicted octanol–water partition coefficient (Wildman–Crippen LogP) is 4.36. The molecule has 4 heteroatoms. The van der Waals surface area contributed by atoms with Gasteiger partial charge in [-0.05, 0) is 40.8 Å². The topological polar surface area (TPSA) is 50.9 Å². The molecule has 3 nitrogen and oxygen atoms in total. The summed E-state index contributed by atoms with van der Waals surface area (Å²) in [7, 11) is 0. The highest BCUT2D eigenvalue weighted by molar-refractivity contribution is 9.10. The minimum Gasteiger partial charge on any atom is -0.397 e. The lowest BCUT2D eigenvalue weighted by molar-refractivity contribution is 0.472. The number of hydrogen-bond donors (Lipinski definition) is 2. The molecule has 1 unspecified atom stereocenters. The van der Waals surface area contributed by atoms with Gasteiger partial charge in [0.25, 0.3) is 0 Å². The summed E-state index contributed by atoms with van der Waals surface area (Å²) in [6.07, 6.45) is 6.77. The van der Waals surface area contributed by atoms with Gasteiger partial charge in [0.15, 0.2) is 0 Å². The van der Waals surface area contributed by atoms with Crippen LogP contribution in [-0.4, -0.2) is 11.5 Å². The minimum absolute atomic E-state index is 0.719. The van der Waals surface area contributed by atoms with Crippen molar-refractivity contribution in [2.24, 2.45) is 5.92 Å². The van der Waals surface area contributed by atoms with Crippen LogP contribution in [0, 0.1) is 12.8 Å². The first kappa shape index (κ1) is 15.3. The zero-order valence-electron chi connectivity index (χ0n) is 11.6. The molecule has 1 atom stereocenters. The number of rotatable bonds is 7. The summed E-state index contributed by atoms with van der Waals surface area (Å²) in [6, 6.07) is 0. The van der Waals surface area contributed by atoms with Gasteiger partial charge in [0, 0.05) is 6.54 Å². The number of nitrogens with zero attached hydrogens (tertiary/aromatic N) is 1. The lowest BCUT2D eigenvalue weighted by Crippen LogP contribution is -2.15. The van der Waals surface area contributed by atoms with E-state index < -0.39 is 0 Å². The van der Waals surface area contributed by atoms with Crippen molar-refractivity contribution in [2.45, 2.75) is 46.5 Å². The SMILES string of the molecule is CCCCC(CC)CNc1ncc(N)c(C)c1Br. The number of nitrogens with two attached hydrogens (primary N) is 1. The van der Waals surface area contributed by atoms with Crippen LogP contribution in [0.1, 0.15) is 45.1 Å². The fraction of sp³-hybridized carbons (Fsp3) is 0.643. The molecular weight excluding hydrogens is 290 g/mol. The Morgan fingerprint density at radius 2 is 2.17 bits per heavy atom. The van der Waals surface area contributed by atoms with Crippen LogP contribution < -0.4 is 11.1 Å². The van der Waals surface area contributed by atoms with Crippen molar-refractivity contribution >= 4 is 27.4 Å². The van der Waals surface area contributed by atoms with Gasteiger partial charge in [-0.1, -0.05) is 33.1 Å². The van der Waals surface area contributed by atoms with Crippen LogP contribution in [0.2, 0.25) is 0 Å². The van der Waals surface area contributed by atoms with E-state index in [1.807, 2.05) is 6.92 Å². The summed E-state index contributed by atoms with van der Waals surface area (Å²) in [4.78, 5) is 4.34. The number of pyridine rings is 1. The fourth-order valence-electron chi connectivity index (χ4n) is 1.90. The maximum absolute atomic E-state index is 5.82. The summed E-state index contributed by atoms with van der Waals surface area (Å²) in [5.74, 6) is 1.62. The third kappa shape index (κ3) is 4.16. The van der Waals surface area contributed by atoms with E-state index in [1.54, 1.807) is 6.20 Å². The molecule has 0 fully saturated rings. The number of nitrogen functional groups attached to an aromatic ring is 1. The molecule has 0 spiro atoms. The molecule has 1 heterocycles. The van der Waals surface area contributed by atoms with E-state index in [-0.39, 0.29) is 0 Å². The first-order valence-electron chi connectivity index (χ1n) is 6.74. The minimum atomic E-state index is 0.719. The Labute approximate surface area is 119 Å². The van der Waals surface area contributed by atoms with Crippen molar-refractivity contribution in [3.8, 4) is 0 Å². The van der Waals surface area contributed by atoms with Crippen LogP contribution in [0.25, 0.3) is 0 Å². The lowest BCUT2D eigenvalue weighted by Gasteiger charge is -2.17. The molecule has 102 valence electrons. The van der Waals surface area contributed by atoms with Gasteiger partial charge in [-0.15, -0.1) is 0 Å². The van der Waals surface area contributed by atoms with Crippen molar-refractivity contribution in [2.75, 3.05) is 17.6 Å². The standard InChI is InChI=1S/C14H24BrN3/c1-4-6-7-11(5-2)8-17-14-13(15)10(3)12(16)9-18-14/h9,11H,4-8,16H2,1-3H3,(H,17,18). The number of unbranched alkanes of at least 4 members (excludes halogenated alkanes) is 1. The predicted molar refractivity (Wildman–Crippen MR) is 82.9 cm³/mol. The Hall–Kier alpha value is -0.770. The fourth-order valence-corrected chi connectivity index (χ4v) is 2.37. The Morgan fingerprint density at radius 3 is 2.78 bits per heavy atom. The van der Waals surface area contributed by atoms with E-state index in [1.165, 1.54) is 25.7 Å². The number of anilines is 2. The summed E-state index contributed by atoms with van der Waals surface area (Å²) < 4.78 is 0.979. The van der Waals surface area contributed by atoms with E-state index in [2.05, 4.69) is 40.1 Å². The molecule has 0 amide bonds. The molecule has 1 aromatic rings. The van der Waals surface area contributed by atoms with E-state index in [9.17, 15) is 0 Å². The molecule has 1 aromatic heterocycles. The van der Waals surface area contributed by atoms with Gasteiger partial charge in [-0.25, -0.2) is 4.98 Å². The third-order valence-electron chi connectivity index (χ3n) is 3.40.